The summed E-state index contributed by atoms with van der Waals surface area (Å²) in [5.74, 6) is 0.266. The third-order valence-electron chi connectivity index (χ3n) is 7.02. The first kappa shape index (κ1) is 17.7. The normalized spacial score (nSPS) is 38.9. The molecule has 0 aromatic rings. The number of unbranched alkanes of at least 4 members (excludes halogenated alkanes) is 1. The van der Waals surface area contributed by atoms with Gasteiger partial charge < -0.3 is 9.47 Å². The monoisotopic (exact) mass is 360 g/mol. The van der Waals surface area contributed by atoms with Crippen molar-refractivity contribution >= 4 is 24.7 Å². The largest absolute Gasteiger partial charge is 0.413 e. The van der Waals surface area contributed by atoms with Gasteiger partial charge in [0.15, 0.2) is 23.9 Å². The summed E-state index contributed by atoms with van der Waals surface area (Å²) in [4.78, 5) is 33.4. The minimum atomic E-state index is -0.607. The van der Waals surface area contributed by atoms with Crippen LogP contribution in [0.4, 0.5) is 0 Å². The lowest BCUT2D eigenvalue weighted by Gasteiger charge is -2.37. The molecule has 2 spiro atoms. The lowest BCUT2D eigenvalue weighted by molar-refractivity contribution is -0.143. The van der Waals surface area contributed by atoms with Crippen molar-refractivity contribution in [1.29, 1.82) is 0 Å². The van der Waals surface area contributed by atoms with Crippen molar-refractivity contribution in [3.8, 4) is 0 Å². The average molecular weight is 360 g/mol. The van der Waals surface area contributed by atoms with E-state index in [0.717, 1.165) is 64.2 Å². The Morgan fingerprint density at radius 1 is 0.808 bits per heavy atom. The number of esters is 2. The second-order valence-electron chi connectivity index (χ2n) is 8.30. The van der Waals surface area contributed by atoms with Crippen molar-refractivity contribution in [1.82, 2.24) is 0 Å². The zero-order chi connectivity index (χ0) is 18.0. The summed E-state index contributed by atoms with van der Waals surface area (Å²) < 4.78 is 10.1. The number of aliphatic imine (C=N–C) groups is 2. The number of carbonyl (C=O) groups is 2. The summed E-state index contributed by atoms with van der Waals surface area (Å²) >= 11 is 0. The third-order valence-corrected chi connectivity index (χ3v) is 7.02. The van der Waals surface area contributed by atoms with E-state index in [1.807, 2.05) is 0 Å². The van der Waals surface area contributed by atoms with Gasteiger partial charge >= 0.3 is 11.9 Å². The van der Waals surface area contributed by atoms with Crippen LogP contribution in [0, 0.1) is 11.8 Å². The van der Waals surface area contributed by atoms with Gasteiger partial charge in [-0.25, -0.2) is 19.6 Å². The van der Waals surface area contributed by atoms with E-state index in [1.165, 1.54) is 25.6 Å². The van der Waals surface area contributed by atoms with E-state index in [2.05, 4.69) is 9.98 Å². The summed E-state index contributed by atoms with van der Waals surface area (Å²) in [6.07, 6.45) is 15.0. The van der Waals surface area contributed by atoms with Crippen LogP contribution >= 0.6 is 0 Å². The first-order chi connectivity index (χ1) is 12.7. The van der Waals surface area contributed by atoms with Gasteiger partial charge in [0.05, 0.1) is 0 Å². The van der Waals surface area contributed by atoms with E-state index < -0.39 is 11.1 Å². The van der Waals surface area contributed by atoms with Crippen LogP contribution in [0.3, 0.4) is 0 Å². The van der Waals surface area contributed by atoms with Crippen LogP contribution in [0.25, 0.3) is 0 Å². The Hall–Kier alpha value is -1.72. The number of carbonyl (C=O) groups excluding carboxylic acids is 2. The van der Waals surface area contributed by atoms with Gasteiger partial charge in [-0.1, -0.05) is 38.5 Å². The molecule has 4 atom stereocenters. The number of hydrogen-bond donors (Lipinski definition) is 0. The molecule has 2 fully saturated rings. The number of cyclic esters (lactones) is 2. The molecule has 6 nitrogen and oxygen atoms in total. The van der Waals surface area contributed by atoms with Gasteiger partial charge in [0.1, 0.15) is 0 Å². The topological polar surface area (TPSA) is 77.3 Å². The standard InChI is InChI=1S/C20H28N2O4/c23-17-19(21-13-25-17)11-5-3-9-15(19)7-1-2-8-16-10-4-6-12-20(16)18(24)26-14-22-20/h13-16H,1-12H2. The van der Waals surface area contributed by atoms with Gasteiger partial charge in [-0.2, -0.15) is 0 Å². The van der Waals surface area contributed by atoms with Crippen LogP contribution in [0.2, 0.25) is 0 Å². The van der Waals surface area contributed by atoms with Gasteiger partial charge in [0.25, 0.3) is 0 Å². The number of rotatable bonds is 5. The maximum absolute atomic E-state index is 12.2. The first-order valence-electron chi connectivity index (χ1n) is 10.2. The summed E-state index contributed by atoms with van der Waals surface area (Å²) in [5.41, 5.74) is -1.21. The smallest absolute Gasteiger partial charge is 0.340 e. The maximum atomic E-state index is 12.2. The van der Waals surface area contributed by atoms with E-state index >= 15 is 0 Å². The molecule has 0 amide bonds. The summed E-state index contributed by atoms with van der Waals surface area (Å²) in [6, 6.07) is 0. The fourth-order valence-electron chi connectivity index (χ4n) is 5.53. The van der Waals surface area contributed by atoms with Crippen LogP contribution in [0.1, 0.15) is 77.0 Å². The highest BCUT2D eigenvalue weighted by Gasteiger charge is 2.51. The lowest BCUT2D eigenvalue weighted by atomic mass is 9.69. The first-order valence-corrected chi connectivity index (χ1v) is 10.2. The molecule has 0 N–H and O–H groups in total. The number of hydrogen-bond acceptors (Lipinski definition) is 6. The minimum absolute atomic E-state index is 0.156. The number of nitrogens with zero attached hydrogens (tertiary/aromatic N) is 2. The van der Waals surface area contributed by atoms with E-state index in [4.69, 9.17) is 9.47 Å². The summed E-state index contributed by atoms with van der Waals surface area (Å²) in [7, 11) is 0. The Bertz CT molecular complexity index is 577. The van der Waals surface area contributed by atoms with Gasteiger partial charge in [0, 0.05) is 0 Å². The summed E-state index contributed by atoms with van der Waals surface area (Å²) in [6.45, 7) is 0. The van der Waals surface area contributed by atoms with Gasteiger partial charge in [-0.15, -0.1) is 0 Å². The highest BCUT2D eigenvalue weighted by molar-refractivity contribution is 5.93. The Balaban J connectivity index is 1.32. The molecule has 0 bridgehead atoms. The molecule has 2 aliphatic heterocycles. The van der Waals surface area contributed by atoms with Crippen LogP contribution in [-0.2, 0) is 19.1 Å². The molecule has 2 saturated carbocycles. The van der Waals surface area contributed by atoms with Crippen molar-refractivity contribution in [3.05, 3.63) is 0 Å². The molecular formula is C20H28N2O4. The van der Waals surface area contributed by atoms with Crippen molar-refractivity contribution in [2.45, 2.75) is 88.1 Å². The zero-order valence-corrected chi connectivity index (χ0v) is 15.3. The zero-order valence-electron chi connectivity index (χ0n) is 15.3. The Kier molecular flexibility index (Phi) is 4.84. The average Bonchev–Trinajstić information content (AvgIpc) is 3.19. The van der Waals surface area contributed by atoms with Crippen molar-refractivity contribution in [3.63, 3.8) is 0 Å². The Morgan fingerprint density at radius 3 is 1.65 bits per heavy atom. The van der Waals surface area contributed by atoms with Gasteiger partial charge in [-0.05, 0) is 50.4 Å². The molecule has 0 saturated heterocycles. The molecule has 0 aromatic carbocycles. The molecule has 142 valence electrons. The van der Waals surface area contributed by atoms with Crippen molar-refractivity contribution in [2.75, 3.05) is 0 Å². The van der Waals surface area contributed by atoms with E-state index in [9.17, 15) is 9.59 Å². The second kappa shape index (κ2) is 7.12. The highest BCUT2D eigenvalue weighted by atomic mass is 16.5. The summed E-state index contributed by atoms with van der Waals surface area (Å²) in [5, 5.41) is 0. The Morgan fingerprint density at radius 2 is 1.27 bits per heavy atom. The van der Waals surface area contributed by atoms with Crippen LogP contribution in [-0.4, -0.2) is 35.8 Å². The number of ether oxygens (including phenoxy) is 2. The molecule has 0 aromatic heterocycles. The molecule has 4 aliphatic rings. The van der Waals surface area contributed by atoms with E-state index in [1.54, 1.807) is 0 Å². The van der Waals surface area contributed by atoms with Crippen LogP contribution < -0.4 is 0 Å². The van der Waals surface area contributed by atoms with Crippen molar-refractivity contribution in [2.24, 2.45) is 21.8 Å². The molecule has 4 rings (SSSR count). The fourth-order valence-corrected chi connectivity index (χ4v) is 5.53. The highest BCUT2D eigenvalue weighted by Crippen LogP contribution is 2.44. The van der Waals surface area contributed by atoms with E-state index in [0.29, 0.717) is 0 Å². The lowest BCUT2D eigenvalue weighted by Crippen LogP contribution is -2.44. The Labute approximate surface area is 154 Å². The fraction of sp³-hybridized carbons (Fsp3) is 0.800. The molecule has 6 heteroatoms. The van der Waals surface area contributed by atoms with Crippen molar-refractivity contribution < 1.29 is 19.1 Å². The predicted octanol–water partition coefficient (Wildman–Crippen LogP) is 3.58. The molecular weight excluding hydrogens is 332 g/mol. The van der Waals surface area contributed by atoms with E-state index in [-0.39, 0.29) is 23.8 Å². The van der Waals surface area contributed by atoms with Gasteiger partial charge in [-0.3, -0.25) is 0 Å². The SMILES string of the molecule is O=C1OC=NC12CCCCC2CCCCC1CCCCC12N=COC2=O. The molecule has 0 radical (unpaired) electrons. The predicted molar refractivity (Wildman–Crippen MR) is 97.0 cm³/mol. The molecule has 26 heavy (non-hydrogen) atoms. The molecule has 2 aliphatic carbocycles. The second-order valence-corrected chi connectivity index (χ2v) is 8.30. The molecule has 4 unspecified atom stereocenters. The minimum Gasteiger partial charge on any atom is -0.413 e. The van der Waals surface area contributed by atoms with Gasteiger partial charge in [0.2, 0.25) is 0 Å². The quantitative estimate of drug-likeness (QED) is 0.555. The van der Waals surface area contributed by atoms with Crippen LogP contribution in [0.15, 0.2) is 9.98 Å². The molecule has 2 heterocycles. The third kappa shape index (κ3) is 2.87. The maximum Gasteiger partial charge on any atom is 0.340 e. The van der Waals surface area contributed by atoms with Crippen LogP contribution in [0.5, 0.6) is 0 Å².